The molecule has 1 N–H and O–H groups in total. The summed E-state index contributed by atoms with van der Waals surface area (Å²) in [5, 5.41) is 6.97. The first-order chi connectivity index (χ1) is 16.0. The van der Waals surface area contributed by atoms with Crippen molar-refractivity contribution in [3.8, 4) is 5.75 Å². The molecule has 178 valence electrons. The van der Waals surface area contributed by atoms with Gasteiger partial charge in [-0.1, -0.05) is 0 Å². The number of hydrogen-bond acceptors (Lipinski definition) is 5. The van der Waals surface area contributed by atoms with Crippen molar-refractivity contribution < 1.29 is 27.5 Å². The molecule has 11 heteroatoms. The van der Waals surface area contributed by atoms with Crippen LogP contribution < -0.4 is 15.0 Å². The normalized spacial score (nSPS) is 15.8. The molecule has 0 spiro atoms. The Balaban J connectivity index is 1.68. The van der Waals surface area contributed by atoms with Crippen LogP contribution in [-0.4, -0.2) is 40.2 Å². The number of carbonyl (C=O) groups is 2. The second-order valence-electron chi connectivity index (χ2n) is 8.09. The summed E-state index contributed by atoms with van der Waals surface area (Å²) < 4.78 is 46.2. The van der Waals surface area contributed by atoms with Gasteiger partial charge in [0.25, 0.3) is 11.8 Å². The summed E-state index contributed by atoms with van der Waals surface area (Å²) in [6, 6.07) is 6.25. The molecule has 3 heterocycles. The largest absolute Gasteiger partial charge is 0.496 e. The average Bonchev–Trinajstić information content (AvgIpc) is 3.19. The summed E-state index contributed by atoms with van der Waals surface area (Å²) in [5.74, 6) is -1.32. The molecule has 8 nitrogen and oxygen atoms in total. The number of aromatic nitrogens is 3. The molecule has 34 heavy (non-hydrogen) atoms. The van der Waals surface area contributed by atoms with Crippen molar-refractivity contribution in [3.63, 3.8) is 0 Å². The van der Waals surface area contributed by atoms with Crippen LogP contribution in [0, 0.1) is 13.8 Å². The zero-order valence-electron chi connectivity index (χ0n) is 18.9. The van der Waals surface area contributed by atoms with Crippen LogP contribution in [0.15, 0.2) is 36.5 Å². The molecule has 0 bridgehead atoms. The maximum Gasteiger partial charge on any atom is 0.419 e. The number of hydrogen-bond donors (Lipinski definition) is 1. The minimum Gasteiger partial charge on any atom is -0.496 e. The fourth-order valence-electron chi connectivity index (χ4n) is 4.02. The van der Waals surface area contributed by atoms with Crippen LogP contribution in [-0.2, 0) is 6.18 Å². The number of nitrogens with zero attached hydrogens (tertiary/aromatic N) is 4. The number of alkyl halides is 3. The van der Waals surface area contributed by atoms with Gasteiger partial charge in [-0.15, -0.1) is 0 Å². The monoisotopic (exact) mass is 473 g/mol. The van der Waals surface area contributed by atoms with Gasteiger partial charge in [0, 0.05) is 35.2 Å². The molecular formula is C23H22F3N5O3. The number of ether oxygens (including phenoxy) is 1. The predicted octanol–water partition coefficient (Wildman–Crippen LogP) is 4.40. The minimum absolute atomic E-state index is 0.133. The van der Waals surface area contributed by atoms with E-state index >= 15 is 0 Å². The molecule has 0 saturated carbocycles. The van der Waals surface area contributed by atoms with Crippen molar-refractivity contribution in [1.82, 2.24) is 14.8 Å². The van der Waals surface area contributed by atoms with Gasteiger partial charge in [-0.05, 0) is 45.0 Å². The Morgan fingerprint density at radius 2 is 1.85 bits per heavy atom. The third-order valence-electron chi connectivity index (χ3n) is 5.50. The molecule has 2 aromatic heterocycles. The number of benzene rings is 1. The van der Waals surface area contributed by atoms with E-state index in [0.29, 0.717) is 17.0 Å². The molecule has 0 aliphatic carbocycles. The highest BCUT2D eigenvalue weighted by Crippen LogP contribution is 2.39. The summed E-state index contributed by atoms with van der Waals surface area (Å²) in [5.41, 5.74) is 1.38. The average molecular weight is 473 g/mol. The van der Waals surface area contributed by atoms with Crippen LogP contribution in [0.4, 0.5) is 24.5 Å². The molecule has 0 unspecified atom stereocenters. The molecule has 1 aliphatic heterocycles. The second kappa shape index (κ2) is 8.47. The van der Waals surface area contributed by atoms with Crippen LogP contribution in [0.3, 0.4) is 0 Å². The van der Waals surface area contributed by atoms with E-state index in [2.05, 4.69) is 15.4 Å². The topological polar surface area (TPSA) is 89.3 Å². The SMILES string of the molecule is COc1cc(N2C[C@H](C)n3ncc(NC(=O)c4cc(C)nc(C)c4)c3C2=O)ccc1C(F)(F)F. The highest BCUT2D eigenvalue weighted by Gasteiger charge is 2.37. The van der Waals surface area contributed by atoms with Crippen molar-refractivity contribution in [2.24, 2.45) is 0 Å². The van der Waals surface area contributed by atoms with E-state index in [4.69, 9.17) is 4.74 Å². The van der Waals surface area contributed by atoms with Crippen molar-refractivity contribution in [2.75, 3.05) is 23.9 Å². The maximum atomic E-state index is 13.4. The predicted molar refractivity (Wildman–Crippen MR) is 118 cm³/mol. The summed E-state index contributed by atoms with van der Waals surface area (Å²) in [7, 11) is 1.14. The summed E-state index contributed by atoms with van der Waals surface area (Å²) in [4.78, 5) is 31.8. The van der Waals surface area contributed by atoms with Crippen molar-refractivity contribution in [3.05, 3.63) is 64.7 Å². The molecular weight excluding hydrogens is 451 g/mol. The molecule has 3 aromatic rings. The van der Waals surface area contributed by atoms with E-state index in [-0.39, 0.29) is 35.4 Å². The lowest BCUT2D eigenvalue weighted by Gasteiger charge is -2.32. The van der Waals surface area contributed by atoms with Crippen molar-refractivity contribution in [2.45, 2.75) is 33.0 Å². The molecule has 2 amide bonds. The van der Waals surface area contributed by atoms with Crippen LogP contribution in [0.5, 0.6) is 5.75 Å². The van der Waals surface area contributed by atoms with Gasteiger partial charge in [0.15, 0.2) is 5.69 Å². The third-order valence-corrected chi connectivity index (χ3v) is 5.50. The number of pyridine rings is 1. The number of methoxy groups -OCH3 is 1. The lowest BCUT2D eigenvalue weighted by atomic mass is 10.1. The molecule has 0 saturated heterocycles. The number of nitrogens with one attached hydrogen (secondary N) is 1. The lowest BCUT2D eigenvalue weighted by Crippen LogP contribution is -2.43. The van der Waals surface area contributed by atoms with E-state index in [0.717, 1.165) is 13.2 Å². The first-order valence-corrected chi connectivity index (χ1v) is 10.4. The Bertz CT molecular complexity index is 1270. The first-order valence-electron chi connectivity index (χ1n) is 10.4. The van der Waals surface area contributed by atoms with Gasteiger partial charge in [-0.25, -0.2) is 0 Å². The Morgan fingerprint density at radius 3 is 2.47 bits per heavy atom. The number of anilines is 2. The fraction of sp³-hybridized carbons (Fsp3) is 0.304. The van der Waals surface area contributed by atoms with Gasteiger partial charge >= 0.3 is 6.18 Å². The van der Waals surface area contributed by atoms with Crippen LogP contribution in [0.1, 0.15) is 50.8 Å². The quantitative estimate of drug-likeness (QED) is 0.607. The number of rotatable bonds is 4. The second-order valence-corrected chi connectivity index (χ2v) is 8.09. The number of fused-ring (bicyclic) bond motifs is 1. The summed E-state index contributed by atoms with van der Waals surface area (Å²) in [6.07, 6.45) is -3.21. The Morgan fingerprint density at radius 1 is 1.18 bits per heavy atom. The smallest absolute Gasteiger partial charge is 0.419 e. The van der Waals surface area contributed by atoms with Gasteiger partial charge in [-0.2, -0.15) is 18.3 Å². The molecule has 0 fully saturated rings. The Hall–Kier alpha value is -3.89. The molecule has 1 aliphatic rings. The van der Waals surface area contributed by atoms with Crippen molar-refractivity contribution >= 4 is 23.2 Å². The highest BCUT2D eigenvalue weighted by atomic mass is 19.4. The van der Waals surface area contributed by atoms with Crippen LogP contribution >= 0.6 is 0 Å². The lowest BCUT2D eigenvalue weighted by molar-refractivity contribution is -0.138. The van der Waals surface area contributed by atoms with Crippen LogP contribution in [0.25, 0.3) is 0 Å². The Kier molecular flexibility index (Phi) is 5.80. The molecule has 1 aromatic carbocycles. The maximum absolute atomic E-state index is 13.4. The standard InChI is InChI=1S/C23H22F3N5O3/c1-12-7-15(8-13(2)28-12)21(32)29-18-10-27-31-14(3)11-30(22(33)20(18)31)16-5-6-17(23(24,25)26)19(9-16)34-4/h5-10,14H,11H2,1-4H3,(H,29,32)/t14-/m0/s1. The number of carbonyl (C=O) groups excluding carboxylic acids is 2. The van der Waals surface area contributed by atoms with E-state index in [9.17, 15) is 22.8 Å². The molecule has 4 rings (SSSR count). The van der Waals surface area contributed by atoms with Gasteiger partial charge < -0.3 is 15.0 Å². The van der Waals surface area contributed by atoms with Gasteiger partial charge in [-0.3, -0.25) is 19.3 Å². The van der Waals surface area contributed by atoms with E-state index in [1.165, 1.54) is 27.9 Å². The number of halogens is 3. The highest BCUT2D eigenvalue weighted by molar-refractivity contribution is 6.13. The van der Waals surface area contributed by atoms with Crippen molar-refractivity contribution in [1.29, 1.82) is 0 Å². The zero-order chi connectivity index (χ0) is 24.8. The van der Waals surface area contributed by atoms with Crippen LogP contribution in [0.2, 0.25) is 0 Å². The van der Waals surface area contributed by atoms with Gasteiger partial charge in [0.05, 0.1) is 30.6 Å². The van der Waals surface area contributed by atoms with E-state index in [1.807, 2.05) is 6.92 Å². The Labute approximate surface area is 193 Å². The number of aryl methyl sites for hydroxylation is 2. The molecule has 1 atom stereocenters. The van der Waals surface area contributed by atoms with Gasteiger partial charge in [0.2, 0.25) is 0 Å². The van der Waals surface area contributed by atoms with E-state index in [1.54, 1.807) is 26.0 Å². The zero-order valence-corrected chi connectivity index (χ0v) is 18.9. The fourth-order valence-corrected chi connectivity index (χ4v) is 4.02. The first kappa shape index (κ1) is 23.3. The summed E-state index contributed by atoms with van der Waals surface area (Å²) in [6.45, 7) is 5.54. The number of amides is 2. The van der Waals surface area contributed by atoms with E-state index < -0.39 is 23.6 Å². The third kappa shape index (κ3) is 4.20. The van der Waals surface area contributed by atoms with Gasteiger partial charge in [0.1, 0.15) is 5.75 Å². The minimum atomic E-state index is -4.59. The summed E-state index contributed by atoms with van der Waals surface area (Å²) >= 11 is 0. The molecule has 0 radical (unpaired) electrons.